The Labute approximate surface area is 142 Å². The van der Waals surface area contributed by atoms with Gasteiger partial charge in [0.2, 0.25) is 5.91 Å². The molecule has 1 aliphatic carbocycles. The molecule has 1 saturated carbocycles. The molecule has 1 saturated heterocycles. The van der Waals surface area contributed by atoms with E-state index >= 15 is 0 Å². The minimum atomic E-state index is -0.936. The molecule has 3 atom stereocenters. The lowest BCUT2D eigenvalue weighted by molar-refractivity contribution is -0.156. The number of rotatable bonds is 4. The summed E-state index contributed by atoms with van der Waals surface area (Å²) >= 11 is 0. The summed E-state index contributed by atoms with van der Waals surface area (Å²) in [5.74, 6) is -0.811. The molecule has 0 unspecified atom stereocenters. The van der Waals surface area contributed by atoms with Crippen molar-refractivity contribution < 1.29 is 19.1 Å². The van der Waals surface area contributed by atoms with Crippen LogP contribution in [0.25, 0.3) is 0 Å². The molecule has 0 radical (unpaired) electrons. The topological polar surface area (TPSA) is 63.7 Å². The Morgan fingerprint density at radius 3 is 2.58 bits per heavy atom. The highest BCUT2D eigenvalue weighted by molar-refractivity contribution is 6.06. The number of imide groups is 1. The first-order chi connectivity index (χ1) is 11.6. The number of hydrogen-bond donors (Lipinski definition) is 0. The molecule has 1 aliphatic heterocycles. The van der Waals surface area contributed by atoms with Crippen LogP contribution in [-0.2, 0) is 25.5 Å². The summed E-state index contributed by atoms with van der Waals surface area (Å²) in [5.41, 5.74) is 1.23. The van der Waals surface area contributed by atoms with Crippen LogP contribution in [-0.4, -0.2) is 34.8 Å². The average Bonchev–Trinajstić information content (AvgIpc) is 2.82. The second-order valence-electron chi connectivity index (χ2n) is 6.71. The molecule has 2 aliphatic rings. The predicted octanol–water partition coefficient (Wildman–Crippen LogP) is 2.48. The van der Waals surface area contributed by atoms with Crippen LogP contribution >= 0.6 is 0 Å². The van der Waals surface area contributed by atoms with E-state index < -0.39 is 12.1 Å². The minimum Gasteiger partial charge on any atom is -0.452 e. The maximum atomic E-state index is 12.6. The van der Waals surface area contributed by atoms with Crippen molar-refractivity contribution in [2.24, 2.45) is 5.92 Å². The maximum Gasteiger partial charge on any atom is 0.303 e. The second-order valence-corrected chi connectivity index (χ2v) is 6.71. The van der Waals surface area contributed by atoms with Gasteiger partial charge in [-0.2, -0.15) is 0 Å². The summed E-state index contributed by atoms with van der Waals surface area (Å²) in [4.78, 5) is 37.5. The van der Waals surface area contributed by atoms with Crippen LogP contribution in [0.5, 0.6) is 0 Å². The van der Waals surface area contributed by atoms with Gasteiger partial charge in [-0.05, 0) is 30.7 Å². The Balaban J connectivity index is 1.76. The molecule has 0 bridgehead atoms. The van der Waals surface area contributed by atoms with Crippen LogP contribution in [0, 0.1) is 5.92 Å². The molecule has 0 spiro atoms. The molecular weight excluding hydrogens is 306 g/mol. The molecule has 5 nitrogen and oxygen atoms in total. The summed E-state index contributed by atoms with van der Waals surface area (Å²) in [6.45, 7) is 1.26. The molecule has 128 valence electrons. The number of carbonyl (C=O) groups excluding carboxylic acids is 3. The Hall–Kier alpha value is -2.17. The third-order valence-corrected chi connectivity index (χ3v) is 4.99. The molecule has 1 heterocycles. The van der Waals surface area contributed by atoms with Gasteiger partial charge in [-0.25, -0.2) is 0 Å². The monoisotopic (exact) mass is 329 g/mol. The summed E-state index contributed by atoms with van der Waals surface area (Å²) in [5, 5.41) is 0. The fourth-order valence-electron chi connectivity index (χ4n) is 3.95. The number of benzene rings is 1. The molecule has 2 amide bonds. The first-order valence-electron chi connectivity index (χ1n) is 8.63. The van der Waals surface area contributed by atoms with Crippen molar-refractivity contribution in [1.29, 1.82) is 0 Å². The smallest absolute Gasteiger partial charge is 0.303 e. The highest BCUT2D eigenvalue weighted by atomic mass is 16.5. The van der Waals surface area contributed by atoms with Crippen molar-refractivity contribution >= 4 is 17.8 Å². The van der Waals surface area contributed by atoms with Crippen molar-refractivity contribution in [2.45, 2.75) is 57.6 Å². The van der Waals surface area contributed by atoms with E-state index in [1.807, 2.05) is 18.2 Å². The summed E-state index contributed by atoms with van der Waals surface area (Å²) in [6, 6.07) is 10.1. The van der Waals surface area contributed by atoms with Crippen LogP contribution in [0.15, 0.2) is 30.3 Å². The first-order valence-corrected chi connectivity index (χ1v) is 8.63. The Morgan fingerprint density at radius 2 is 1.88 bits per heavy atom. The van der Waals surface area contributed by atoms with E-state index in [1.165, 1.54) is 17.4 Å². The van der Waals surface area contributed by atoms with E-state index in [4.69, 9.17) is 4.74 Å². The molecule has 0 N–H and O–H groups in total. The van der Waals surface area contributed by atoms with Gasteiger partial charge in [-0.3, -0.25) is 19.3 Å². The Morgan fingerprint density at radius 1 is 1.17 bits per heavy atom. The molecule has 0 aromatic heterocycles. The third kappa shape index (κ3) is 3.50. The van der Waals surface area contributed by atoms with E-state index in [-0.39, 0.29) is 30.2 Å². The van der Waals surface area contributed by atoms with Gasteiger partial charge in [0.05, 0.1) is 6.42 Å². The van der Waals surface area contributed by atoms with Gasteiger partial charge in [0.1, 0.15) is 0 Å². The van der Waals surface area contributed by atoms with Gasteiger partial charge >= 0.3 is 5.97 Å². The highest BCUT2D eigenvalue weighted by Gasteiger charge is 2.46. The SMILES string of the molecule is CC(=O)O[C@@H]1CC(=O)N([C@@H]2CCCC[C@@H]2Cc2ccccc2)C1=O. The number of nitrogens with zero attached hydrogens (tertiary/aromatic N) is 1. The summed E-state index contributed by atoms with van der Waals surface area (Å²) < 4.78 is 5.02. The minimum absolute atomic E-state index is 0.0209. The maximum absolute atomic E-state index is 12.6. The molecule has 3 rings (SSSR count). The normalized spacial score (nSPS) is 27.4. The van der Waals surface area contributed by atoms with E-state index in [2.05, 4.69) is 12.1 Å². The van der Waals surface area contributed by atoms with E-state index in [1.54, 1.807) is 0 Å². The van der Waals surface area contributed by atoms with Crippen molar-refractivity contribution in [3.63, 3.8) is 0 Å². The van der Waals surface area contributed by atoms with Gasteiger partial charge in [0.25, 0.3) is 5.91 Å². The van der Waals surface area contributed by atoms with Gasteiger partial charge in [0.15, 0.2) is 6.10 Å². The zero-order valence-electron chi connectivity index (χ0n) is 13.9. The number of likely N-dealkylation sites (tertiary alicyclic amines) is 1. The third-order valence-electron chi connectivity index (χ3n) is 4.99. The fourth-order valence-corrected chi connectivity index (χ4v) is 3.95. The Bertz CT molecular complexity index is 628. The van der Waals surface area contributed by atoms with E-state index in [0.29, 0.717) is 0 Å². The fraction of sp³-hybridized carbons (Fsp3) is 0.526. The molecule has 1 aromatic rings. The molecule has 2 fully saturated rings. The molecule has 5 heteroatoms. The lowest BCUT2D eigenvalue weighted by Crippen LogP contribution is -2.47. The quantitative estimate of drug-likeness (QED) is 0.629. The largest absolute Gasteiger partial charge is 0.452 e. The number of ether oxygens (including phenoxy) is 1. The Kier molecular flexibility index (Phi) is 4.97. The van der Waals surface area contributed by atoms with Crippen LogP contribution in [0.4, 0.5) is 0 Å². The second kappa shape index (κ2) is 7.16. The van der Waals surface area contributed by atoms with Crippen LogP contribution in [0.3, 0.4) is 0 Å². The van der Waals surface area contributed by atoms with Crippen molar-refractivity contribution in [1.82, 2.24) is 4.90 Å². The number of amides is 2. The van der Waals surface area contributed by atoms with Gasteiger partial charge in [0, 0.05) is 13.0 Å². The van der Waals surface area contributed by atoms with Crippen LogP contribution in [0.1, 0.15) is 44.6 Å². The van der Waals surface area contributed by atoms with Gasteiger partial charge in [-0.15, -0.1) is 0 Å². The number of hydrogen-bond acceptors (Lipinski definition) is 4. The van der Waals surface area contributed by atoms with E-state index in [9.17, 15) is 14.4 Å². The number of carbonyl (C=O) groups is 3. The summed E-state index contributed by atoms with van der Waals surface area (Å²) in [7, 11) is 0. The molecular formula is C19H23NO4. The van der Waals surface area contributed by atoms with Crippen molar-refractivity contribution in [3.8, 4) is 0 Å². The lowest BCUT2D eigenvalue weighted by Gasteiger charge is -2.37. The van der Waals surface area contributed by atoms with Crippen LogP contribution < -0.4 is 0 Å². The molecule has 24 heavy (non-hydrogen) atoms. The predicted molar refractivity (Wildman–Crippen MR) is 87.9 cm³/mol. The van der Waals surface area contributed by atoms with Gasteiger partial charge < -0.3 is 4.74 Å². The average molecular weight is 329 g/mol. The van der Waals surface area contributed by atoms with Crippen molar-refractivity contribution in [2.75, 3.05) is 0 Å². The molecule has 1 aromatic carbocycles. The zero-order valence-corrected chi connectivity index (χ0v) is 13.9. The number of esters is 1. The van der Waals surface area contributed by atoms with Crippen LogP contribution in [0.2, 0.25) is 0 Å². The summed E-state index contributed by atoms with van der Waals surface area (Å²) in [6.07, 6.45) is 3.89. The zero-order chi connectivity index (χ0) is 17.1. The standard InChI is InChI=1S/C19H23NO4/c1-13(21)24-17-12-18(22)20(19(17)23)16-10-6-5-9-15(16)11-14-7-3-2-4-8-14/h2-4,7-8,15-17H,5-6,9-12H2,1H3/t15-,16-,17-/m1/s1. The van der Waals surface area contributed by atoms with E-state index in [0.717, 1.165) is 32.1 Å². The van der Waals surface area contributed by atoms with Crippen molar-refractivity contribution in [3.05, 3.63) is 35.9 Å². The lowest BCUT2D eigenvalue weighted by atomic mass is 9.80. The highest BCUT2D eigenvalue weighted by Crippen LogP contribution is 2.34. The first kappa shape index (κ1) is 16.7. The van der Waals surface area contributed by atoms with Gasteiger partial charge in [-0.1, -0.05) is 43.2 Å².